The summed E-state index contributed by atoms with van der Waals surface area (Å²) in [6.45, 7) is 2.85. The van der Waals surface area contributed by atoms with Crippen molar-refractivity contribution >= 4 is 45.3 Å². The average molecular weight is 488 g/mol. The first kappa shape index (κ1) is 25.4. The molecule has 1 unspecified atom stereocenters. The number of hydrogen-bond acceptors (Lipinski definition) is 5. The van der Waals surface area contributed by atoms with Gasteiger partial charge in [-0.3, -0.25) is 0 Å². The standard InChI is InChI=1S/C17H24N4.C8H10ClNOS/c1-21(2)16-14-10-6-7-11-15(14)19-17(20-16)18-12-13-8-4-3-5-9-13;1-6-7(9)4-3-5-8(6)12(11)10-2/h6-7,10-11,13H,3-5,8-9,12H2,1-2H3,(H,18,19,20);3-5,10H,1-2H3. The van der Waals surface area contributed by atoms with Crippen molar-refractivity contribution in [2.24, 2.45) is 5.92 Å². The Labute approximate surface area is 204 Å². The van der Waals surface area contributed by atoms with Crippen molar-refractivity contribution in [1.29, 1.82) is 0 Å². The number of para-hydroxylation sites is 1. The molecule has 1 aliphatic carbocycles. The Morgan fingerprint density at radius 3 is 2.48 bits per heavy atom. The topological polar surface area (TPSA) is 70.2 Å². The molecule has 2 aromatic carbocycles. The number of anilines is 2. The molecule has 0 saturated heterocycles. The van der Waals surface area contributed by atoms with E-state index >= 15 is 0 Å². The van der Waals surface area contributed by atoms with E-state index in [1.165, 1.54) is 32.1 Å². The molecule has 0 bridgehead atoms. The number of hydrogen-bond donors (Lipinski definition) is 2. The Hall–Kier alpha value is -2.22. The molecule has 1 fully saturated rings. The van der Waals surface area contributed by atoms with Crippen molar-refractivity contribution in [3.63, 3.8) is 0 Å². The van der Waals surface area contributed by atoms with Gasteiger partial charge in [0.2, 0.25) is 5.95 Å². The van der Waals surface area contributed by atoms with Crippen molar-refractivity contribution in [3.8, 4) is 0 Å². The van der Waals surface area contributed by atoms with Crippen molar-refractivity contribution in [2.45, 2.75) is 43.9 Å². The minimum absolute atomic E-state index is 0.649. The van der Waals surface area contributed by atoms with Gasteiger partial charge in [0.15, 0.2) is 0 Å². The van der Waals surface area contributed by atoms with Gasteiger partial charge in [-0.25, -0.2) is 13.9 Å². The summed E-state index contributed by atoms with van der Waals surface area (Å²) in [6, 6.07) is 13.6. The highest BCUT2D eigenvalue weighted by Gasteiger charge is 2.14. The zero-order valence-electron chi connectivity index (χ0n) is 19.9. The van der Waals surface area contributed by atoms with Crippen LogP contribution in [0.1, 0.15) is 37.7 Å². The van der Waals surface area contributed by atoms with Crippen LogP contribution in [0.5, 0.6) is 0 Å². The lowest BCUT2D eigenvalue weighted by Crippen LogP contribution is -2.19. The van der Waals surface area contributed by atoms with Gasteiger partial charge < -0.3 is 10.2 Å². The smallest absolute Gasteiger partial charge is 0.225 e. The first-order chi connectivity index (χ1) is 15.9. The van der Waals surface area contributed by atoms with E-state index in [4.69, 9.17) is 11.6 Å². The van der Waals surface area contributed by atoms with Gasteiger partial charge in [0.1, 0.15) is 16.8 Å². The van der Waals surface area contributed by atoms with Gasteiger partial charge in [-0.05, 0) is 62.6 Å². The predicted octanol–water partition coefficient (Wildman–Crippen LogP) is 5.58. The maximum absolute atomic E-state index is 11.3. The van der Waals surface area contributed by atoms with E-state index in [1.807, 2.05) is 33.2 Å². The second-order valence-electron chi connectivity index (χ2n) is 8.50. The zero-order chi connectivity index (χ0) is 23.8. The fourth-order valence-electron chi connectivity index (χ4n) is 4.01. The minimum Gasteiger partial charge on any atom is -0.362 e. The Morgan fingerprint density at radius 1 is 1.06 bits per heavy atom. The Morgan fingerprint density at radius 2 is 1.79 bits per heavy atom. The fraction of sp³-hybridized carbons (Fsp3) is 0.440. The molecule has 1 heterocycles. The SMILES string of the molecule is CN(C)c1nc(NCC2CCCCC2)nc2ccccc12.CNS(=O)c1cccc(Cl)c1C. The van der Waals surface area contributed by atoms with Crippen LogP contribution >= 0.6 is 11.6 Å². The highest BCUT2D eigenvalue weighted by Crippen LogP contribution is 2.26. The molecule has 0 spiro atoms. The van der Waals surface area contributed by atoms with E-state index in [0.29, 0.717) is 5.02 Å². The molecule has 4 rings (SSSR count). The second-order valence-corrected chi connectivity index (χ2v) is 10.3. The third kappa shape index (κ3) is 6.88. The van der Waals surface area contributed by atoms with Gasteiger partial charge in [0.05, 0.1) is 10.4 Å². The third-order valence-corrected chi connectivity index (χ3v) is 7.51. The summed E-state index contributed by atoms with van der Waals surface area (Å²) in [5.74, 6) is 2.51. The lowest BCUT2D eigenvalue weighted by Gasteiger charge is -2.22. The normalized spacial score (nSPS) is 14.9. The Bertz CT molecular complexity index is 1090. The third-order valence-electron chi connectivity index (χ3n) is 5.88. The second kappa shape index (κ2) is 12.3. The summed E-state index contributed by atoms with van der Waals surface area (Å²) < 4.78 is 14.0. The largest absolute Gasteiger partial charge is 0.362 e. The molecule has 0 radical (unpaired) electrons. The first-order valence-corrected chi connectivity index (χ1v) is 13.0. The lowest BCUT2D eigenvalue weighted by molar-refractivity contribution is 0.373. The van der Waals surface area contributed by atoms with E-state index in [-0.39, 0.29) is 0 Å². The van der Waals surface area contributed by atoms with Gasteiger partial charge in [0.25, 0.3) is 0 Å². The number of fused-ring (bicyclic) bond motifs is 1. The molecule has 1 atom stereocenters. The molecule has 1 aromatic heterocycles. The van der Waals surface area contributed by atoms with Gasteiger partial charge in [0, 0.05) is 31.0 Å². The summed E-state index contributed by atoms with van der Waals surface area (Å²) in [4.78, 5) is 12.1. The van der Waals surface area contributed by atoms with Gasteiger partial charge in [-0.1, -0.05) is 49.1 Å². The van der Waals surface area contributed by atoms with Crippen molar-refractivity contribution in [1.82, 2.24) is 14.7 Å². The summed E-state index contributed by atoms with van der Waals surface area (Å²) in [5.41, 5.74) is 1.87. The number of nitrogens with one attached hydrogen (secondary N) is 2. The van der Waals surface area contributed by atoms with Crippen LogP contribution in [-0.2, 0) is 11.0 Å². The molecule has 1 saturated carbocycles. The van der Waals surface area contributed by atoms with E-state index in [1.54, 1.807) is 25.2 Å². The average Bonchev–Trinajstić information content (AvgIpc) is 2.84. The summed E-state index contributed by atoms with van der Waals surface area (Å²) in [5, 5.41) is 5.20. The molecular weight excluding hydrogens is 454 g/mol. The number of halogens is 1. The monoisotopic (exact) mass is 487 g/mol. The predicted molar refractivity (Wildman–Crippen MR) is 141 cm³/mol. The molecule has 2 N–H and O–H groups in total. The van der Waals surface area contributed by atoms with Crippen LogP contribution in [0.3, 0.4) is 0 Å². The van der Waals surface area contributed by atoms with E-state index in [9.17, 15) is 4.21 Å². The van der Waals surface area contributed by atoms with Crippen LogP contribution in [-0.4, -0.2) is 41.9 Å². The number of rotatable bonds is 6. The maximum atomic E-state index is 11.3. The summed E-state index contributed by atoms with van der Waals surface area (Å²) in [7, 11) is 4.56. The van der Waals surface area contributed by atoms with Crippen LogP contribution in [0.15, 0.2) is 47.4 Å². The van der Waals surface area contributed by atoms with Crippen LogP contribution in [0.2, 0.25) is 5.02 Å². The molecule has 0 amide bonds. The molecule has 1 aliphatic rings. The fourth-order valence-corrected chi connectivity index (χ4v) is 5.05. The molecule has 178 valence electrons. The van der Waals surface area contributed by atoms with Crippen LogP contribution in [0, 0.1) is 12.8 Å². The maximum Gasteiger partial charge on any atom is 0.225 e. The summed E-state index contributed by atoms with van der Waals surface area (Å²) in [6.07, 6.45) is 6.80. The zero-order valence-corrected chi connectivity index (χ0v) is 21.5. The molecule has 33 heavy (non-hydrogen) atoms. The molecule has 3 aromatic rings. The molecule has 8 heteroatoms. The first-order valence-electron chi connectivity index (χ1n) is 11.4. The van der Waals surface area contributed by atoms with E-state index in [0.717, 1.165) is 45.6 Å². The van der Waals surface area contributed by atoms with Crippen molar-refractivity contribution in [2.75, 3.05) is 37.9 Å². The van der Waals surface area contributed by atoms with Crippen molar-refractivity contribution in [3.05, 3.63) is 53.1 Å². The number of aromatic nitrogens is 2. The summed E-state index contributed by atoms with van der Waals surface area (Å²) >= 11 is 5.85. The highest BCUT2D eigenvalue weighted by atomic mass is 35.5. The van der Waals surface area contributed by atoms with Gasteiger partial charge in [-0.2, -0.15) is 4.98 Å². The van der Waals surface area contributed by atoms with Crippen LogP contribution in [0.25, 0.3) is 10.9 Å². The van der Waals surface area contributed by atoms with Gasteiger partial charge >= 0.3 is 0 Å². The number of nitrogens with zero attached hydrogens (tertiary/aromatic N) is 3. The molecule has 0 aliphatic heterocycles. The van der Waals surface area contributed by atoms with E-state index < -0.39 is 11.0 Å². The highest BCUT2D eigenvalue weighted by molar-refractivity contribution is 7.83. The molecular formula is C25H34ClN5OS. The minimum atomic E-state index is -1.15. The van der Waals surface area contributed by atoms with E-state index in [2.05, 4.69) is 37.0 Å². The molecule has 6 nitrogen and oxygen atoms in total. The van der Waals surface area contributed by atoms with Gasteiger partial charge in [-0.15, -0.1) is 0 Å². The number of benzene rings is 2. The quantitative estimate of drug-likeness (QED) is 0.475. The lowest BCUT2D eigenvalue weighted by atomic mass is 9.89. The Balaban J connectivity index is 0.000000218. The van der Waals surface area contributed by atoms with Crippen molar-refractivity contribution < 1.29 is 4.21 Å². The Kier molecular flexibility index (Phi) is 9.47. The van der Waals surface area contributed by atoms with Crippen LogP contribution < -0.4 is 14.9 Å². The van der Waals surface area contributed by atoms with Crippen LogP contribution in [0.4, 0.5) is 11.8 Å².